The molecule has 1 unspecified atom stereocenters. The van der Waals surface area contributed by atoms with E-state index in [1.165, 1.54) is 33.6 Å². The smallest absolute Gasteiger partial charge is 0.263 e. The van der Waals surface area contributed by atoms with Gasteiger partial charge in [-0.1, -0.05) is 48.5 Å². The minimum Gasteiger partial charge on any atom is -0.351 e. The molecule has 2 heterocycles. The summed E-state index contributed by atoms with van der Waals surface area (Å²) in [4.78, 5) is 26.7. The minimum absolute atomic E-state index is 0.0646. The number of aryl methyl sites for hydroxylation is 1. The third-order valence-corrected chi connectivity index (χ3v) is 7.86. The zero-order chi connectivity index (χ0) is 21.7. The average Bonchev–Trinajstić information content (AvgIpc) is 3.25. The van der Waals surface area contributed by atoms with E-state index in [-0.39, 0.29) is 5.91 Å². The van der Waals surface area contributed by atoms with E-state index in [0.29, 0.717) is 40.0 Å². The van der Waals surface area contributed by atoms with Gasteiger partial charge in [0.1, 0.15) is 4.88 Å². The lowest BCUT2D eigenvalue weighted by Crippen LogP contribution is -2.39. The molecule has 3 aliphatic carbocycles. The predicted molar refractivity (Wildman–Crippen MR) is 125 cm³/mol. The number of nitrogens with zero attached hydrogens (tertiary/aromatic N) is 3. The number of fused-ring (bicyclic) bond motifs is 1. The van der Waals surface area contributed by atoms with Crippen LogP contribution in [0.25, 0.3) is 10.8 Å². The summed E-state index contributed by atoms with van der Waals surface area (Å²) in [5.74, 6) is 1.59. The predicted octanol–water partition coefficient (Wildman–Crippen LogP) is 4.94. The summed E-state index contributed by atoms with van der Waals surface area (Å²) in [5.41, 5.74) is 6.45. The van der Waals surface area contributed by atoms with Gasteiger partial charge in [-0.2, -0.15) is 0 Å². The molecule has 32 heavy (non-hydrogen) atoms. The van der Waals surface area contributed by atoms with Crippen LogP contribution in [0.3, 0.4) is 0 Å². The maximum absolute atomic E-state index is 13.1. The van der Waals surface area contributed by atoms with Crippen molar-refractivity contribution in [3.63, 3.8) is 0 Å². The van der Waals surface area contributed by atoms with Crippen LogP contribution in [0.4, 0.5) is 0 Å². The number of thiazole rings is 1. The van der Waals surface area contributed by atoms with Gasteiger partial charge in [0.2, 0.25) is 0 Å². The van der Waals surface area contributed by atoms with Gasteiger partial charge in [0.15, 0.2) is 10.8 Å². The van der Waals surface area contributed by atoms with Gasteiger partial charge in [-0.05, 0) is 47.6 Å². The number of nitrogens with one attached hydrogen (secondary N) is 1. The number of aromatic nitrogens is 3. The number of benzene rings is 2. The first-order chi connectivity index (χ1) is 15.7. The number of carbonyl (C=O) groups excluding carboxylic acids is 1. The molecule has 0 fully saturated rings. The summed E-state index contributed by atoms with van der Waals surface area (Å²) < 4.78 is 0. The first-order valence-electron chi connectivity index (χ1n) is 10.9. The molecule has 0 spiro atoms. The maximum atomic E-state index is 13.1. The Kier molecular flexibility index (Phi) is 4.61. The van der Waals surface area contributed by atoms with Crippen molar-refractivity contribution in [2.24, 2.45) is 5.92 Å². The fraction of sp³-hybridized carbons (Fsp3) is 0.231. The summed E-state index contributed by atoms with van der Waals surface area (Å²) in [6.45, 7) is 2.52. The molecular formula is C26H22N4OS. The third-order valence-electron chi connectivity index (χ3n) is 6.71. The number of rotatable bonds is 4. The van der Waals surface area contributed by atoms with E-state index in [4.69, 9.17) is 0 Å². The summed E-state index contributed by atoms with van der Waals surface area (Å²) in [6, 6.07) is 19.4. The zero-order valence-corrected chi connectivity index (χ0v) is 18.5. The molecule has 2 bridgehead atoms. The minimum atomic E-state index is -0.0646. The van der Waals surface area contributed by atoms with Crippen molar-refractivity contribution in [2.75, 3.05) is 6.54 Å². The van der Waals surface area contributed by atoms with E-state index in [1.807, 2.05) is 6.92 Å². The molecule has 4 aromatic rings. The standard InChI is InChI=1S/C26H22N4OS/c1-15-23(32-26(30-15)24-27-11-6-12-28-24)25(31)29-14-16-13-21-17-7-2-4-9-19(17)22(16)20-10-5-3-8-18(20)21/h2-12,16,21-22H,13-14H2,1H3,(H,29,31). The first kappa shape index (κ1) is 19.3. The van der Waals surface area contributed by atoms with Gasteiger partial charge in [0.05, 0.1) is 5.69 Å². The van der Waals surface area contributed by atoms with Gasteiger partial charge >= 0.3 is 0 Å². The second-order valence-corrected chi connectivity index (χ2v) is 9.50. The molecule has 0 aliphatic heterocycles. The second-order valence-electron chi connectivity index (χ2n) is 8.50. The first-order valence-corrected chi connectivity index (χ1v) is 11.7. The van der Waals surface area contributed by atoms with Crippen molar-refractivity contribution in [3.05, 3.63) is 99.8 Å². The number of carbonyl (C=O) groups is 1. The van der Waals surface area contributed by atoms with E-state index >= 15 is 0 Å². The molecule has 6 heteroatoms. The molecule has 7 rings (SSSR count). The van der Waals surface area contributed by atoms with Crippen LogP contribution < -0.4 is 5.32 Å². The largest absolute Gasteiger partial charge is 0.351 e. The fourth-order valence-electron chi connectivity index (χ4n) is 5.38. The van der Waals surface area contributed by atoms with E-state index in [1.54, 1.807) is 18.5 Å². The van der Waals surface area contributed by atoms with Crippen LogP contribution in [0.2, 0.25) is 0 Å². The molecule has 1 atom stereocenters. The highest BCUT2D eigenvalue weighted by Crippen LogP contribution is 2.55. The van der Waals surface area contributed by atoms with Gasteiger partial charge in [-0.3, -0.25) is 4.79 Å². The van der Waals surface area contributed by atoms with Gasteiger partial charge in [0.25, 0.3) is 5.91 Å². The Hall–Kier alpha value is -3.38. The Morgan fingerprint density at radius 1 is 0.969 bits per heavy atom. The van der Waals surface area contributed by atoms with E-state index in [0.717, 1.165) is 12.1 Å². The number of hydrogen-bond acceptors (Lipinski definition) is 5. The molecule has 2 aromatic carbocycles. The molecular weight excluding hydrogens is 416 g/mol. The molecule has 3 aliphatic rings. The van der Waals surface area contributed by atoms with Gasteiger partial charge < -0.3 is 5.32 Å². The monoisotopic (exact) mass is 438 g/mol. The molecule has 0 saturated heterocycles. The Balaban J connectivity index is 1.25. The molecule has 158 valence electrons. The SMILES string of the molecule is Cc1nc(-c2ncccn2)sc1C(=O)NCC1CC2c3ccccc3C1c1ccccc12. The van der Waals surface area contributed by atoms with Crippen molar-refractivity contribution < 1.29 is 4.79 Å². The Morgan fingerprint density at radius 2 is 1.59 bits per heavy atom. The lowest BCUT2D eigenvalue weighted by molar-refractivity contribution is 0.0946. The lowest BCUT2D eigenvalue weighted by atomic mass is 9.59. The highest BCUT2D eigenvalue weighted by Gasteiger charge is 2.42. The van der Waals surface area contributed by atoms with Crippen LogP contribution in [-0.2, 0) is 0 Å². The van der Waals surface area contributed by atoms with E-state index in [9.17, 15) is 4.79 Å². The Bertz CT molecular complexity index is 1270. The second kappa shape index (κ2) is 7.64. The van der Waals surface area contributed by atoms with Gasteiger partial charge in [-0.15, -0.1) is 11.3 Å². The Labute approximate surface area is 190 Å². The summed E-state index contributed by atoms with van der Waals surface area (Å²) in [7, 11) is 0. The zero-order valence-electron chi connectivity index (χ0n) is 17.7. The molecule has 0 saturated carbocycles. The molecule has 1 N–H and O–H groups in total. The van der Waals surface area contributed by atoms with E-state index in [2.05, 4.69) is 68.8 Å². The molecule has 2 aromatic heterocycles. The summed E-state index contributed by atoms with van der Waals surface area (Å²) in [5, 5.41) is 3.89. The normalized spacial score (nSPS) is 20.5. The maximum Gasteiger partial charge on any atom is 0.263 e. The van der Waals surface area contributed by atoms with Crippen LogP contribution in [0.5, 0.6) is 0 Å². The van der Waals surface area contributed by atoms with Crippen LogP contribution in [0.15, 0.2) is 67.0 Å². The van der Waals surface area contributed by atoms with E-state index < -0.39 is 0 Å². The fourth-order valence-corrected chi connectivity index (χ4v) is 6.31. The third kappa shape index (κ3) is 3.06. The van der Waals surface area contributed by atoms with Gasteiger partial charge in [0, 0.05) is 30.8 Å². The highest BCUT2D eigenvalue weighted by molar-refractivity contribution is 7.17. The summed E-state index contributed by atoms with van der Waals surface area (Å²) in [6.07, 6.45) is 4.43. The van der Waals surface area contributed by atoms with Gasteiger partial charge in [-0.25, -0.2) is 15.0 Å². The van der Waals surface area contributed by atoms with Crippen molar-refractivity contribution in [3.8, 4) is 10.8 Å². The van der Waals surface area contributed by atoms with Crippen LogP contribution >= 0.6 is 11.3 Å². The lowest BCUT2D eigenvalue weighted by Gasteiger charge is -2.45. The summed E-state index contributed by atoms with van der Waals surface area (Å²) >= 11 is 1.35. The van der Waals surface area contributed by atoms with Crippen molar-refractivity contribution in [2.45, 2.75) is 25.2 Å². The van der Waals surface area contributed by atoms with Crippen molar-refractivity contribution in [1.82, 2.24) is 20.3 Å². The van der Waals surface area contributed by atoms with Crippen LogP contribution in [-0.4, -0.2) is 27.4 Å². The number of amides is 1. The van der Waals surface area contributed by atoms with Crippen molar-refractivity contribution in [1.29, 1.82) is 0 Å². The average molecular weight is 439 g/mol. The van der Waals surface area contributed by atoms with Crippen molar-refractivity contribution >= 4 is 17.2 Å². The number of hydrogen-bond donors (Lipinski definition) is 1. The van der Waals surface area contributed by atoms with Crippen LogP contribution in [0.1, 0.15) is 55.9 Å². The molecule has 0 radical (unpaired) electrons. The Morgan fingerprint density at radius 3 is 2.25 bits per heavy atom. The molecule has 1 amide bonds. The molecule has 5 nitrogen and oxygen atoms in total. The highest BCUT2D eigenvalue weighted by atomic mass is 32.1. The van der Waals surface area contributed by atoms with Crippen LogP contribution in [0, 0.1) is 12.8 Å². The topological polar surface area (TPSA) is 67.8 Å². The quantitative estimate of drug-likeness (QED) is 0.490.